The van der Waals surface area contributed by atoms with Crippen LogP contribution in [0.2, 0.25) is 0 Å². The number of nitrogens with zero attached hydrogens (tertiary/aromatic N) is 1. The molecule has 0 fully saturated rings. The summed E-state index contributed by atoms with van der Waals surface area (Å²) in [7, 11) is 0. The van der Waals surface area contributed by atoms with Gasteiger partial charge in [-0.15, -0.1) is 0 Å². The fraction of sp³-hybridized carbons (Fsp3) is 0.200. The van der Waals surface area contributed by atoms with Crippen molar-refractivity contribution in [1.82, 2.24) is 0 Å². The number of aryl methyl sites for hydroxylation is 1. The van der Waals surface area contributed by atoms with E-state index in [0.29, 0.717) is 29.5 Å². The van der Waals surface area contributed by atoms with Gasteiger partial charge in [0.1, 0.15) is 17.3 Å². The lowest BCUT2D eigenvalue weighted by molar-refractivity contribution is -0.138. The maximum atomic E-state index is 12.1. The second kappa shape index (κ2) is 7.21. The highest BCUT2D eigenvalue weighted by atomic mass is 16.5. The zero-order valence-electron chi connectivity index (χ0n) is 14.3. The Morgan fingerprint density at radius 3 is 2.80 bits per heavy atom. The molecule has 0 atom stereocenters. The van der Waals surface area contributed by atoms with E-state index >= 15 is 0 Å². The van der Waals surface area contributed by atoms with Crippen molar-refractivity contribution in [2.24, 2.45) is 10.7 Å². The van der Waals surface area contributed by atoms with Crippen molar-refractivity contribution < 1.29 is 14.3 Å². The monoisotopic (exact) mass is 336 g/mol. The van der Waals surface area contributed by atoms with Crippen LogP contribution in [0.4, 0.5) is 5.69 Å². The van der Waals surface area contributed by atoms with E-state index in [0.717, 1.165) is 16.9 Å². The summed E-state index contributed by atoms with van der Waals surface area (Å²) >= 11 is 0. The smallest absolute Gasteiger partial charge is 0.334 e. The minimum atomic E-state index is -0.376. The van der Waals surface area contributed by atoms with Gasteiger partial charge < -0.3 is 15.2 Å². The zero-order chi connectivity index (χ0) is 17.8. The molecule has 0 unspecified atom stereocenters. The molecule has 0 saturated carbocycles. The SMILES string of the molecule is CCOC(=O)C1=Cc2cc(Oc3ccccc3C)ccc2N=C(N)C1. The molecule has 1 aliphatic heterocycles. The molecule has 2 aromatic carbocycles. The largest absolute Gasteiger partial charge is 0.463 e. The average molecular weight is 336 g/mol. The molecule has 25 heavy (non-hydrogen) atoms. The highest BCUT2D eigenvalue weighted by Crippen LogP contribution is 2.32. The van der Waals surface area contributed by atoms with Crippen molar-refractivity contribution in [1.29, 1.82) is 0 Å². The third-order valence-electron chi connectivity index (χ3n) is 3.82. The number of hydrogen-bond donors (Lipinski definition) is 1. The first-order chi connectivity index (χ1) is 12.1. The Bertz CT molecular complexity index is 869. The van der Waals surface area contributed by atoms with Crippen molar-refractivity contribution >= 4 is 23.6 Å². The molecule has 1 heterocycles. The van der Waals surface area contributed by atoms with Crippen LogP contribution in [-0.2, 0) is 9.53 Å². The molecule has 3 rings (SSSR count). The number of carbonyl (C=O) groups is 1. The lowest BCUT2D eigenvalue weighted by Crippen LogP contribution is -2.16. The van der Waals surface area contributed by atoms with Crippen LogP contribution in [0, 0.1) is 6.92 Å². The summed E-state index contributed by atoms with van der Waals surface area (Å²) in [5, 5.41) is 0. The number of ether oxygens (including phenoxy) is 2. The van der Waals surface area contributed by atoms with Gasteiger partial charge in [-0.2, -0.15) is 0 Å². The van der Waals surface area contributed by atoms with E-state index in [9.17, 15) is 4.79 Å². The minimum absolute atomic E-state index is 0.265. The van der Waals surface area contributed by atoms with Crippen LogP contribution in [0.15, 0.2) is 53.0 Å². The molecule has 0 bridgehead atoms. The van der Waals surface area contributed by atoms with Gasteiger partial charge in [0.05, 0.1) is 12.3 Å². The summed E-state index contributed by atoms with van der Waals surface area (Å²) in [5.74, 6) is 1.46. The van der Waals surface area contributed by atoms with Gasteiger partial charge in [-0.1, -0.05) is 18.2 Å². The van der Waals surface area contributed by atoms with Gasteiger partial charge in [0, 0.05) is 17.6 Å². The van der Waals surface area contributed by atoms with Gasteiger partial charge in [-0.25, -0.2) is 9.79 Å². The Kier molecular flexibility index (Phi) is 4.84. The van der Waals surface area contributed by atoms with E-state index in [4.69, 9.17) is 15.2 Å². The molecule has 0 aromatic heterocycles. The summed E-state index contributed by atoms with van der Waals surface area (Å²) in [5.41, 5.74) is 8.93. The fourth-order valence-electron chi connectivity index (χ4n) is 2.59. The summed E-state index contributed by atoms with van der Waals surface area (Å²) < 4.78 is 11.1. The van der Waals surface area contributed by atoms with E-state index in [1.54, 1.807) is 13.0 Å². The molecule has 5 heteroatoms. The van der Waals surface area contributed by atoms with Crippen LogP contribution in [0.25, 0.3) is 6.08 Å². The van der Waals surface area contributed by atoms with Crippen molar-refractivity contribution in [3.05, 3.63) is 59.2 Å². The zero-order valence-corrected chi connectivity index (χ0v) is 14.3. The Balaban J connectivity index is 1.96. The van der Waals surface area contributed by atoms with E-state index in [1.165, 1.54) is 0 Å². The third kappa shape index (κ3) is 3.88. The van der Waals surface area contributed by atoms with Gasteiger partial charge in [0.25, 0.3) is 0 Å². The lowest BCUT2D eigenvalue weighted by Gasteiger charge is -2.10. The highest BCUT2D eigenvalue weighted by molar-refractivity contribution is 6.03. The molecule has 0 saturated heterocycles. The minimum Gasteiger partial charge on any atom is -0.463 e. The Labute approximate surface area is 146 Å². The molecule has 0 spiro atoms. The van der Waals surface area contributed by atoms with E-state index < -0.39 is 0 Å². The third-order valence-corrected chi connectivity index (χ3v) is 3.82. The maximum absolute atomic E-state index is 12.1. The normalized spacial score (nSPS) is 13.2. The quantitative estimate of drug-likeness (QED) is 0.852. The van der Waals surface area contributed by atoms with Crippen molar-refractivity contribution in [3.8, 4) is 11.5 Å². The summed E-state index contributed by atoms with van der Waals surface area (Å²) in [4.78, 5) is 16.5. The van der Waals surface area contributed by atoms with E-state index in [-0.39, 0.29) is 12.4 Å². The van der Waals surface area contributed by atoms with Gasteiger partial charge in [-0.3, -0.25) is 0 Å². The van der Waals surface area contributed by atoms with Crippen molar-refractivity contribution in [3.63, 3.8) is 0 Å². The second-order valence-electron chi connectivity index (χ2n) is 5.76. The average Bonchev–Trinajstić information content (AvgIpc) is 2.75. The highest BCUT2D eigenvalue weighted by Gasteiger charge is 2.17. The van der Waals surface area contributed by atoms with Gasteiger partial charge in [0.15, 0.2) is 0 Å². The van der Waals surface area contributed by atoms with Gasteiger partial charge in [-0.05, 0) is 49.8 Å². The van der Waals surface area contributed by atoms with Crippen LogP contribution in [0.5, 0.6) is 11.5 Å². The van der Waals surface area contributed by atoms with Crippen LogP contribution < -0.4 is 10.5 Å². The van der Waals surface area contributed by atoms with E-state index in [2.05, 4.69) is 4.99 Å². The number of amidine groups is 1. The number of rotatable bonds is 4. The van der Waals surface area contributed by atoms with Crippen molar-refractivity contribution in [2.45, 2.75) is 20.3 Å². The molecule has 2 N–H and O–H groups in total. The molecule has 1 aliphatic rings. The standard InChI is InChI=1S/C20H20N2O3/c1-3-24-20(23)15-10-14-11-16(8-9-17(14)22-19(21)12-15)25-18-7-5-4-6-13(18)2/h4-11H,3,12H2,1-2H3,(H2,21,22). The topological polar surface area (TPSA) is 73.9 Å². The molecule has 128 valence electrons. The maximum Gasteiger partial charge on any atom is 0.334 e. The number of aliphatic imine (C=N–C) groups is 1. The number of benzene rings is 2. The molecular weight excluding hydrogens is 316 g/mol. The number of fused-ring (bicyclic) bond motifs is 1. The van der Waals surface area contributed by atoms with Crippen LogP contribution in [0.3, 0.4) is 0 Å². The predicted octanol–water partition coefficient (Wildman–Crippen LogP) is 4.13. The first-order valence-corrected chi connectivity index (χ1v) is 8.15. The first kappa shape index (κ1) is 16.8. The van der Waals surface area contributed by atoms with Crippen LogP contribution in [-0.4, -0.2) is 18.4 Å². The predicted molar refractivity (Wildman–Crippen MR) is 98.2 cm³/mol. The first-order valence-electron chi connectivity index (χ1n) is 8.15. The molecule has 0 amide bonds. The van der Waals surface area contributed by atoms with Crippen LogP contribution in [0.1, 0.15) is 24.5 Å². The number of hydrogen-bond acceptors (Lipinski definition) is 5. The molecule has 0 aliphatic carbocycles. The van der Waals surface area contributed by atoms with Crippen LogP contribution >= 0.6 is 0 Å². The number of esters is 1. The van der Waals surface area contributed by atoms with Gasteiger partial charge in [0.2, 0.25) is 0 Å². The fourth-order valence-corrected chi connectivity index (χ4v) is 2.59. The summed E-state index contributed by atoms with van der Waals surface area (Å²) in [6.07, 6.45) is 2.03. The Hall–Kier alpha value is -3.08. The number of nitrogens with two attached hydrogens (primary N) is 1. The van der Waals surface area contributed by atoms with Crippen molar-refractivity contribution in [2.75, 3.05) is 6.61 Å². The summed E-state index contributed by atoms with van der Waals surface area (Å²) in [6, 6.07) is 13.3. The molecule has 5 nitrogen and oxygen atoms in total. The lowest BCUT2D eigenvalue weighted by atomic mass is 10.1. The number of para-hydroxylation sites is 1. The molecule has 2 aromatic rings. The Morgan fingerprint density at radius 2 is 2.04 bits per heavy atom. The van der Waals surface area contributed by atoms with Gasteiger partial charge >= 0.3 is 5.97 Å². The Morgan fingerprint density at radius 1 is 1.24 bits per heavy atom. The number of carbonyl (C=O) groups excluding carboxylic acids is 1. The molecular formula is C20H20N2O3. The molecule has 0 radical (unpaired) electrons. The second-order valence-corrected chi connectivity index (χ2v) is 5.76. The van der Waals surface area contributed by atoms with E-state index in [1.807, 2.05) is 49.4 Å². The summed E-state index contributed by atoms with van der Waals surface area (Å²) in [6.45, 7) is 4.08.